The van der Waals surface area contributed by atoms with Gasteiger partial charge in [0.15, 0.2) is 0 Å². The number of aromatic nitrogens is 1. The Balaban J connectivity index is 1.51. The van der Waals surface area contributed by atoms with Crippen LogP contribution in [0.25, 0.3) is 21.7 Å². The van der Waals surface area contributed by atoms with Crippen LogP contribution >= 0.6 is 21.6 Å². The van der Waals surface area contributed by atoms with Gasteiger partial charge in [-0.1, -0.05) is 51.9 Å². The lowest BCUT2D eigenvalue weighted by molar-refractivity contribution is -0.112. The van der Waals surface area contributed by atoms with Crippen LogP contribution in [0.4, 0.5) is 5.69 Å². The second-order valence-corrected chi connectivity index (χ2v) is 8.20. The molecular weight excluding hydrogens is 364 g/mol. The van der Waals surface area contributed by atoms with Crippen LogP contribution < -0.4 is 5.32 Å². The van der Waals surface area contributed by atoms with Crippen LogP contribution in [0.3, 0.4) is 0 Å². The monoisotopic (exact) mass is 376 g/mol. The highest BCUT2D eigenvalue weighted by atomic mass is 33.1. The van der Waals surface area contributed by atoms with Crippen molar-refractivity contribution in [1.29, 1.82) is 0 Å². The number of anilines is 1. The van der Waals surface area contributed by atoms with Crippen LogP contribution in [0.2, 0.25) is 0 Å². The molecule has 0 fully saturated rings. The van der Waals surface area contributed by atoms with Gasteiger partial charge in [-0.2, -0.15) is 0 Å². The zero-order chi connectivity index (χ0) is 17.7. The van der Waals surface area contributed by atoms with Crippen molar-refractivity contribution in [3.63, 3.8) is 0 Å². The normalized spacial score (nSPS) is 12.6. The van der Waals surface area contributed by atoms with E-state index < -0.39 is 11.7 Å². The molecule has 1 aliphatic heterocycles. The van der Waals surface area contributed by atoms with Gasteiger partial charge in [-0.25, -0.2) is 0 Å². The molecule has 0 aliphatic carbocycles. The molecule has 0 atom stereocenters. The Morgan fingerprint density at radius 3 is 2.50 bits per heavy atom. The molecule has 1 aliphatic rings. The number of carbonyl (C=O) groups excluding carboxylic acids is 2. The van der Waals surface area contributed by atoms with Crippen molar-refractivity contribution in [2.75, 3.05) is 5.32 Å². The predicted molar refractivity (Wildman–Crippen MR) is 107 cm³/mol. The Morgan fingerprint density at radius 2 is 1.62 bits per heavy atom. The highest BCUT2D eigenvalue weighted by Crippen LogP contribution is 2.52. The van der Waals surface area contributed by atoms with Crippen LogP contribution in [0.1, 0.15) is 10.4 Å². The molecule has 4 nitrogen and oxygen atoms in total. The molecule has 0 spiro atoms. The first-order valence-corrected chi connectivity index (χ1v) is 10.2. The first kappa shape index (κ1) is 15.5. The molecule has 0 radical (unpaired) electrons. The molecular formula is C20H12N2O2S2. The smallest absolute Gasteiger partial charge is 0.296 e. The summed E-state index contributed by atoms with van der Waals surface area (Å²) in [5.41, 5.74) is 1.88. The minimum atomic E-state index is -0.631. The minimum Gasteiger partial charge on any atom is -0.360 e. The minimum absolute atomic E-state index is 0.384. The summed E-state index contributed by atoms with van der Waals surface area (Å²) in [6.07, 6.45) is 1.59. The van der Waals surface area contributed by atoms with Crippen molar-refractivity contribution < 1.29 is 9.59 Å². The van der Waals surface area contributed by atoms with Crippen LogP contribution in [-0.4, -0.2) is 16.7 Å². The molecule has 0 unspecified atom stereocenters. The van der Waals surface area contributed by atoms with Crippen LogP contribution in [0, 0.1) is 0 Å². The van der Waals surface area contributed by atoms with Gasteiger partial charge in [0.05, 0.1) is 5.56 Å². The molecule has 1 amide bonds. The number of hydrogen-bond donors (Lipinski definition) is 2. The number of carbonyl (C=O) groups is 2. The number of aromatic amines is 1. The number of fused-ring (bicyclic) bond motifs is 1. The number of hydrogen-bond acceptors (Lipinski definition) is 4. The number of nitrogens with one attached hydrogen (secondary N) is 2. The fourth-order valence-corrected chi connectivity index (χ4v) is 5.72. The van der Waals surface area contributed by atoms with E-state index in [1.807, 2.05) is 48.5 Å². The van der Waals surface area contributed by atoms with Gasteiger partial charge in [0.1, 0.15) is 0 Å². The van der Waals surface area contributed by atoms with Crippen LogP contribution in [0.15, 0.2) is 70.6 Å². The maximum Gasteiger partial charge on any atom is 0.296 e. The van der Waals surface area contributed by atoms with Crippen molar-refractivity contribution in [2.45, 2.75) is 9.79 Å². The number of para-hydroxylation sites is 1. The Labute approximate surface area is 156 Å². The molecule has 0 saturated carbocycles. The van der Waals surface area contributed by atoms with Crippen molar-refractivity contribution in [1.82, 2.24) is 4.98 Å². The Morgan fingerprint density at radius 1 is 0.846 bits per heavy atom. The standard InChI is InChI=1S/C20H12N2O2S2/c23-19(13-10-21-14-6-2-1-4-11(13)14)20(24)22-15-8-9-17-18-12(15)5-3-7-16(18)25-26-17/h1-10,21H,(H,22,24). The molecule has 0 bridgehead atoms. The molecule has 1 aromatic heterocycles. The van der Waals surface area contributed by atoms with Gasteiger partial charge in [0.2, 0.25) is 0 Å². The number of ketones is 1. The zero-order valence-electron chi connectivity index (χ0n) is 13.4. The summed E-state index contributed by atoms with van der Waals surface area (Å²) in [5, 5.41) is 5.64. The maximum atomic E-state index is 12.7. The number of Topliss-reactive ketones (excluding diaryl/α,β-unsaturated/α-hetero) is 1. The summed E-state index contributed by atoms with van der Waals surface area (Å²) in [6, 6.07) is 17.3. The largest absolute Gasteiger partial charge is 0.360 e. The molecule has 2 heterocycles. The highest BCUT2D eigenvalue weighted by molar-refractivity contribution is 8.77. The molecule has 5 rings (SSSR count). The number of amides is 1. The molecule has 2 N–H and O–H groups in total. The fourth-order valence-electron chi connectivity index (χ4n) is 3.24. The lowest BCUT2D eigenvalue weighted by atomic mass is 10.1. The second-order valence-electron chi connectivity index (χ2n) is 5.99. The molecule has 6 heteroatoms. The second kappa shape index (κ2) is 5.93. The van der Waals surface area contributed by atoms with Gasteiger partial charge < -0.3 is 10.3 Å². The van der Waals surface area contributed by atoms with E-state index in [1.54, 1.807) is 27.8 Å². The van der Waals surface area contributed by atoms with Crippen molar-refractivity contribution in [3.8, 4) is 0 Å². The Kier molecular flexibility index (Phi) is 3.55. The Hall–Kier alpha value is -2.70. The molecule has 0 saturated heterocycles. The van der Waals surface area contributed by atoms with Crippen molar-refractivity contribution >= 4 is 60.6 Å². The van der Waals surface area contributed by atoms with E-state index in [-0.39, 0.29) is 0 Å². The lowest BCUT2D eigenvalue weighted by Crippen LogP contribution is -2.22. The Bertz CT molecular complexity index is 1200. The lowest BCUT2D eigenvalue weighted by Gasteiger charge is -2.09. The summed E-state index contributed by atoms with van der Waals surface area (Å²) < 4.78 is 0. The molecule has 126 valence electrons. The zero-order valence-corrected chi connectivity index (χ0v) is 15.0. The van der Waals surface area contributed by atoms with Crippen molar-refractivity contribution in [2.24, 2.45) is 0 Å². The third-order valence-electron chi connectivity index (χ3n) is 4.47. The maximum absolute atomic E-state index is 12.7. The topological polar surface area (TPSA) is 62.0 Å². The first-order chi connectivity index (χ1) is 12.7. The van der Waals surface area contributed by atoms with Crippen LogP contribution in [0.5, 0.6) is 0 Å². The predicted octanol–water partition coefficient (Wildman–Crippen LogP) is 5.26. The van der Waals surface area contributed by atoms with E-state index in [4.69, 9.17) is 0 Å². The average Bonchev–Trinajstić information content (AvgIpc) is 3.29. The van der Waals surface area contributed by atoms with E-state index in [1.165, 1.54) is 9.79 Å². The first-order valence-electron chi connectivity index (χ1n) is 8.04. The van der Waals surface area contributed by atoms with E-state index in [2.05, 4.69) is 16.4 Å². The molecule has 4 aromatic rings. The number of rotatable bonds is 3. The van der Waals surface area contributed by atoms with Gasteiger partial charge in [-0.05, 0) is 24.3 Å². The van der Waals surface area contributed by atoms with Gasteiger partial charge in [-0.15, -0.1) is 0 Å². The quantitative estimate of drug-likeness (QED) is 0.291. The number of H-pyrrole nitrogens is 1. The SMILES string of the molecule is O=C(Nc1ccc2c3c(cccc13)SS2)C(=O)c1c[nH]c2ccccc12. The van der Waals surface area contributed by atoms with Gasteiger partial charge >= 0.3 is 0 Å². The van der Waals surface area contributed by atoms with Crippen molar-refractivity contribution in [3.05, 3.63) is 66.4 Å². The van der Waals surface area contributed by atoms with Gasteiger partial charge in [-0.3, -0.25) is 9.59 Å². The summed E-state index contributed by atoms with van der Waals surface area (Å²) in [4.78, 5) is 30.7. The van der Waals surface area contributed by atoms with Gasteiger partial charge in [0.25, 0.3) is 11.7 Å². The fraction of sp³-hybridized carbons (Fsp3) is 0. The van der Waals surface area contributed by atoms with E-state index in [0.29, 0.717) is 11.3 Å². The third-order valence-corrected chi connectivity index (χ3v) is 6.92. The summed E-state index contributed by atoms with van der Waals surface area (Å²) >= 11 is 0. The summed E-state index contributed by atoms with van der Waals surface area (Å²) in [6.45, 7) is 0. The summed E-state index contributed by atoms with van der Waals surface area (Å²) in [7, 11) is 3.43. The summed E-state index contributed by atoms with van der Waals surface area (Å²) in [5.74, 6) is -1.18. The third kappa shape index (κ3) is 2.34. The van der Waals surface area contributed by atoms with E-state index >= 15 is 0 Å². The van der Waals surface area contributed by atoms with E-state index in [9.17, 15) is 9.59 Å². The highest BCUT2D eigenvalue weighted by Gasteiger charge is 2.22. The molecule has 26 heavy (non-hydrogen) atoms. The van der Waals surface area contributed by atoms with Crippen LogP contribution in [-0.2, 0) is 4.79 Å². The van der Waals surface area contributed by atoms with E-state index in [0.717, 1.165) is 21.7 Å². The number of benzene rings is 3. The average molecular weight is 376 g/mol. The van der Waals surface area contributed by atoms with Gasteiger partial charge in [0, 0.05) is 43.4 Å². The molecule has 3 aromatic carbocycles.